The van der Waals surface area contributed by atoms with Gasteiger partial charge in [-0.05, 0) is 74.3 Å². The molecule has 0 radical (unpaired) electrons. The van der Waals surface area contributed by atoms with Crippen LogP contribution in [0.4, 0.5) is 10.2 Å². The van der Waals surface area contributed by atoms with E-state index in [0.29, 0.717) is 48.3 Å². The van der Waals surface area contributed by atoms with Gasteiger partial charge in [0.1, 0.15) is 17.5 Å². The van der Waals surface area contributed by atoms with E-state index in [1.54, 1.807) is 29.9 Å². The zero-order valence-electron chi connectivity index (χ0n) is 19.9. The molecule has 8 nitrogen and oxygen atoms in total. The second-order valence-corrected chi connectivity index (χ2v) is 9.37. The van der Waals surface area contributed by atoms with Crippen molar-refractivity contribution in [3.63, 3.8) is 0 Å². The first-order chi connectivity index (χ1) is 17.0. The van der Waals surface area contributed by atoms with E-state index in [1.165, 1.54) is 12.1 Å². The number of aryl methyl sites for hydroxylation is 1. The maximum atomic E-state index is 13.8. The Morgan fingerprint density at radius 2 is 1.89 bits per heavy atom. The topological polar surface area (TPSA) is 89.3 Å². The number of benzene rings is 1. The fourth-order valence-electron chi connectivity index (χ4n) is 5.12. The van der Waals surface area contributed by atoms with Crippen molar-refractivity contribution in [2.75, 3.05) is 32.1 Å². The third kappa shape index (κ3) is 5.19. The second kappa shape index (κ2) is 10.1. The largest absolute Gasteiger partial charge is 0.481 e. The number of pyridine rings is 1. The van der Waals surface area contributed by atoms with Gasteiger partial charge in [-0.1, -0.05) is 0 Å². The Morgan fingerprint density at radius 3 is 2.69 bits per heavy atom. The normalized spacial score (nSPS) is 16.8. The molecule has 0 spiro atoms. The number of halogens is 1. The molecule has 0 bridgehead atoms. The summed E-state index contributed by atoms with van der Waals surface area (Å²) >= 11 is 0. The number of nitrogens with one attached hydrogen (secondary N) is 1. The van der Waals surface area contributed by atoms with Crippen LogP contribution < -0.4 is 15.6 Å². The third-order valence-electron chi connectivity index (χ3n) is 7.15. The van der Waals surface area contributed by atoms with Gasteiger partial charge in [-0.2, -0.15) is 4.98 Å². The second-order valence-electron chi connectivity index (χ2n) is 9.37. The lowest BCUT2D eigenvalue weighted by molar-refractivity contribution is -0.116. The van der Waals surface area contributed by atoms with Gasteiger partial charge in [-0.25, -0.2) is 9.37 Å². The monoisotopic (exact) mass is 479 g/mol. The van der Waals surface area contributed by atoms with E-state index >= 15 is 0 Å². The van der Waals surface area contributed by atoms with Gasteiger partial charge in [0.25, 0.3) is 5.56 Å². The number of carbonyl (C=O) groups is 1. The van der Waals surface area contributed by atoms with Crippen LogP contribution in [0, 0.1) is 11.7 Å². The summed E-state index contributed by atoms with van der Waals surface area (Å²) in [4.78, 5) is 35.7. The van der Waals surface area contributed by atoms with E-state index in [9.17, 15) is 14.0 Å². The van der Waals surface area contributed by atoms with Gasteiger partial charge in [0.15, 0.2) is 0 Å². The van der Waals surface area contributed by atoms with Crippen molar-refractivity contribution in [1.82, 2.24) is 19.4 Å². The van der Waals surface area contributed by atoms with E-state index < -0.39 is 0 Å². The summed E-state index contributed by atoms with van der Waals surface area (Å²) in [6.07, 6.45) is 4.88. The van der Waals surface area contributed by atoms with Crippen LogP contribution in [-0.2, 0) is 24.2 Å². The van der Waals surface area contributed by atoms with E-state index in [-0.39, 0.29) is 17.3 Å². The molecule has 1 amide bonds. The van der Waals surface area contributed by atoms with Crippen molar-refractivity contribution >= 4 is 22.6 Å². The molecule has 9 heteroatoms. The van der Waals surface area contributed by atoms with Crippen LogP contribution in [0.15, 0.2) is 35.1 Å². The number of fused-ring (bicyclic) bond motifs is 2. The Bertz CT molecular complexity index is 1300. The smallest absolute Gasteiger partial charge is 0.251 e. The van der Waals surface area contributed by atoms with Crippen LogP contribution in [0.2, 0.25) is 0 Å². The molecular formula is C26H30FN5O3. The number of rotatable bonds is 7. The molecule has 4 heterocycles. The van der Waals surface area contributed by atoms with E-state index in [1.807, 2.05) is 0 Å². The Kier molecular flexibility index (Phi) is 6.77. The SMILES string of the molecule is COc1nc(CCC2CCN(CCn3c(=O)ccc4ccc(F)cc43)CC2)nc2c1CCC(=O)N2. The zero-order chi connectivity index (χ0) is 24.4. The predicted molar refractivity (Wildman–Crippen MR) is 131 cm³/mol. The molecule has 1 fully saturated rings. The zero-order valence-corrected chi connectivity index (χ0v) is 19.9. The van der Waals surface area contributed by atoms with Crippen molar-refractivity contribution in [3.05, 3.63) is 57.9 Å². The Morgan fingerprint density at radius 1 is 1.09 bits per heavy atom. The number of carbonyl (C=O) groups excluding carboxylic acids is 1. The number of methoxy groups -OCH3 is 1. The first-order valence-electron chi connectivity index (χ1n) is 12.3. The molecule has 5 rings (SSSR count). The highest BCUT2D eigenvalue weighted by Gasteiger charge is 2.24. The lowest BCUT2D eigenvalue weighted by Crippen LogP contribution is -2.37. The summed E-state index contributed by atoms with van der Waals surface area (Å²) < 4.78 is 20.9. The van der Waals surface area contributed by atoms with Gasteiger partial charge in [0, 0.05) is 32.0 Å². The number of likely N-dealkylation sites (tertiary alicyclic amines) is 1. The Labute approximate surface area is 203 Å². The first kappa shape index (κ1) is 23.4. The van der Waals surface area contributed by atoms with E-state index in [2.05, 4.69) is 20.2 Å². The van der Waals surface area contributed by atoms with Gasteiger partial charge in [-0.3, -0.25) is 9.59 Å². The predicted octanol–water partition coefficient (Wildman–Crippen LogP) is 3.17. The minimum atomic E-state index is -0.333. The van der Waals surface area contributed by atoms with Crippen molar-refractivity contribution < 1.29 is 13.9 Å². The Balaban J connectivity index is 1.15. The average molecular weight is 480 g/mol. The number of hydrogen-bond donors (Lipinski definition) is 1. The molecule has 35 heavy (non-hydrogen) atoms. The molecule has 1 saturated heterocycles. The molecule has 184 valence electrons. The average Bonchev–Trinajstić information content (AvgIpc) is 2.86. The van der Waals surface area contributed by atoms with Crippen LogP contribution in [0.1, 0.15) is 37.1 Å². The molecule has 1 N–H and O–H groups in total. The molecule has 0 aliphatic carbocycles. The standard InChI is InChI=1S/C26H30FN5O3/c1-35-26-20-6-8-23(33)30-25(20)28-22(29-26)7-2-17-10-12-31(13-11-17)14-15-32-21-16-19(27)5-3-18(21)4-9-24(32)34/h3-5,9,16-17H,2,6-8,10-15H2,1H3,(H,28,29,30,33). The number of ether oxygens (including phenoxy) is 1. The molecule has 0 saturated carbocycles. The highest BCUT2D eigenvalue weighted by molar-refractivity contribution is 5.93. The quantitative estimate of drug-likeness (QED) is 0.560. The van der Waals surface area contributed by atoms with Crippen LogP contribution in [-0.4, -0.2) is 52.1 Å². The summed E-state index contributed by atoms with van der Waals surface area (Å²) in [6, 6.07) is 7.86. The number of anilines is 1. The summed E-state index contributed by atoms with van der Waals surface area (Å²) in [5, 5.41) is 3.71. The van der Waals surface area contributed by atoms with Crippen molar-refractivity contribution in [2.45, 2.75) is 45.1 Å². The van der Waals surface area contributed by atoms with Crippen molar-refractivity contribution in [2.24, 2.45) is 5.92 Å². The Hall–Kier alpha value is -3.33. The maximum absolute atomic E-state index is 13.8. The van der Waals surface area contributed by atoms with E-state index in [0.717, 1.165) is 56.3 Å². The maximum Gasteiger partial charge on any atom is 0.251 e. The van der Waals surface area contributed by atoms with Gasteiger partial charge < -0.3 is 19.5 Å². The van der Waals surface area contributed by atoms with Gasteiger partial charge in [-0.15, -0.1) is 0 Å². The molecule has 2 aliphatic rings. The van der Waals surface area contributed by atoms with Crippen LogP contribution in [0.5, 0.6) is 5.88 Å². The van der Waals surface area contributed by atoms with Crippen LogP contribution in [0.3, 0.4) is 0 Å². The number of hydrogen-bond acceptors (Lipinski definition) is 6. The summed E-state index contributed by atoms with van der Waals surface area (Å²) in [7, 11) is 1.60. The molecule has 1 aromatic carbocycles. The fourth-order valence-corrected chi connectivity index (χ4v) is 5.12. The number of amides is 1. The summed E-state index contributed by atoms with van der Waals surface area (Å²) in [5.74, 6) is 2.06. The van der Waals surface area contributed by atoms with Crippen molar-refractivity contribution in [1.29, 1.82) is 0 Å². The highest BCUT2D eigenvalue weighted by atomic mass is 19.1. The van der Waals surface area contributed by atoms with Crippen molar-refractivity contribution in [3.8, 4) is 5.88 Å². The molecular weight excluding hydrogens is 449 g/mol. The fraction of sp³-hybridized carbons (Fsp3) is 0.462. The minimum absolute atomic E-state index is 0.0209. The molecule has 3 aromatic rings. The highest BCUT2D eigenvalue weighted by Crippen LogP contribution is 2.29. The van der Waals surface area contributed by atoms with Gasteiger partial charge in [0.05, 0.1) is 18.2 Å². The summed E-state index contributed by atoms with van der Waals surface area (Å²) in [6.45, 7) is 3.22. The van der Waals surface area contributed by atoms with Gasteiger partial charge >= 0.3 is 0 Å². The van der Waals surface area contributed by atoms with Gasteiger partial charge in [0.2, 0.25) is 11.8 Å². The lowest BCUT2D eigenvalue weighted by Gasteiger charge is -2.32. The molecule has 2 aliphatic heterocycles. The summed E-state index contributed by atoms with van der Waals surface area (Å²) in [5.41, 5.74) is 1.41. The number of aromatic nitrogens is 3. The first-order valence-corrected chi connectivity index (χ1v) is 12.3. The third-order valence-corrected chi connectivity index (χ3v) is 7.15. The minimum Gasteiger partial charge on any atom is -0.481 e. The number of nitrogens with zero attached hydrogens (tertiary/aromatic N) is 4. The molecule has 2 aromatic heterocycles. The van der Waals surface area contributed by atoms with Crippen LogP contribution >= 0.6 is 0 Å². The molecule has 0 atom stereocenters. The lowest BCUT2D eigenvalue weighted by atomic mass is 9.92. The molecule has 0 unspecified atom stereocenters. The van der Waals surface area contributed by atoms with Crippen LogP contribution in [0.25, 0.3) is 10.9 Å². The number of piperidine rings is 1. The van der Waals surface area contributed by atoms with E-state index in [4.69, 9.17) is 4.74 Å².